The summed E-state index contributed by atoms with van der Waals surface area (Å²) in [4.78, 5) is 0. The maximum absolute atomic E-state index is 12.6. The minimum Gasteiger partial charge on any atom is -0.310 e. The molecule has 1 aromatic carbocycles. The first-order chi connectivity index (χ1) is 8.97. The lowest BCUT2D eigenvalue weighted by Crippen LogP contribution is -2.30. The lowest BCUT2D eigenvalue weighted by molar-refractivity contribution is -0.137. The van der Waals surface area contributed by atoms with Gasteiger partial charge in [-0.3, -0.25) is 0 Å². The van der Waals surface area contributed by atoms with E-state index in [0.717, 1.165) is 25.0 Å². The van der Waals surface area contributed by atoms with Crippen LogP contribution < -0.4 is 5.32 Å². The average molecular weight is 292 g/mol. The Morgan fingerprint density at radius 2 is 1.84 bits per heavy atom. The van der Waals surface area contributed by atoms with Crippen molar-refractivity contribution in [2.24, 2.45) is 0 Å². The van der Waals surface area contributed by atoms with Crippen LogP contribution in [0, 0.1) is 0 Å². The summed E-state index contributed by atoms with van der Waals surface area (Å²) < 4.78 is 37.9. The fraction of sp³-hybridized carbons (Fsp3) is 0.571. The molecule has 1 aliphatic rings. The molecular formula is C14H17ClF3N. The minimum atomic E-state index is -4.32. The Bertz CT molecular complexity index is 425. The maximum Gasteiger partial charge on any atom is 0.416 e. The van der Waals surface area contributed by atoms with Gasteiger partial charge < -0.3 is 5.32 Å². The second-order valence-corrected chi connectivity index (χ2v) is 5.43. The van der Waals surface area contributed by atoms with Gasteiger partial charge in [-0.05, 0) is 36.6 Å². The summed E-state index contributed by atoms with van der Waals surface area (Å²) in [5.41, 5.74) is -0.126. The second kappa shape index (κ2) is 6.14. The van der Waals surface area contributed by atoms with Gasteiger partial charge in [0, 0.05) is 17.6 Å². The standard InChI is InChI=1S/C14H17ClF3N/c15-13-7-6-11(14(16,17)18)8-10(13)9-19-12-4-2-1-3-5-12/h6-8,12,19H,1-5,9H2. The smallest absolute Gasteiger partial charge is 0.310 e. The molecule has 1 aliphatic carbocycles. The Balaban J connectivity index is 2.02. The van der Waals surface area contributed by atoms with Crippen molar-refractivity contribution in [3.63, 3.8) is 0 Å². The number of alkyl halides is 3. The van der Waals surface area contributed by atoms with Gasteiger partial charge in [-0.25, -0.2) is 0 Å². The Morgan fingerprint density at radius 1 is 1.16 bits per heavy atom. The molecule has 0 saturated heterocycles. The van der Waals surface area contributed by atoms with Crippen LogP contribution in [0.3, 0.4) is 0 Å². The fourth-order valence-electron chi connectivity index (χ4n) is 2.45. The largest absolute Gasteiger partial charge is 0.416 e. The minimum absolute atomic E-state index is 0.385. The SMILES string of the molecule is FC(F)(F)c1ccc(Cl)c(CNC2CCCCC2)c1. The number of hydrogen-bond acceptors (Lipinski definition) is 1. The van der Waals surface area contributed by atoms with E-state index in [2.05, 4.69) is 5.32 Å². The summed E-state index contributed by atoms with van der Waals surface area (Å²) in [5.74, 6) is 0. The molecule has 0 bridgehead atoms. The molecule has 1 fully saturated rings. The highest BCUT2D eigenvalue weighted by atomic mass is 35.5. The highest BCUT2D eigenvalue weighted by molar-refractivity contribution is 6.31. The van der Waals surface area contributed by atoms with Crippen LogP contribution in [0.25, 0.3) is 0 Å². The monoisotopic (exact) mass is 291 g/mol. The van der Waals surface area contributed by atoms with Crippen molar-refractivity contribution in [1.82, 2.24) is 5.32 Å². The van der Waals surface area contributed by atoms with E-state index < -0.39 is 11.7 Å². The summed E-state index contributed by atoms with van der Waals surface area (Å²) in [6.07, 6.45) is 1.50. The van der Waals surface area contributed by atoms with E-state index in [4.69, 9.17) is 11.6 Å². The predicted molar refractivity (Wildman–Crippen MR) is 70.2 cm³/mol. The lowest BCUT2D eigenvalue weighted by Gasteiger charge is -2.23. The van der Waals surface area contributed by atoms with Crippen molar-refractivity contribution in [3.8, 4) is 0 Å². The first-order valence-electron chi connectivity index (χ1n) is 6.56. The van der Waals surface area contributed by atoms with Crippen LogP contribution in [0.15, 0.2) is 18.2 Å². The molecule has 0 aromatic heterocycles. The third-order valence-corrected chi connectivity index (χ3v) is 3.93. The van der Waals surface area contributed by atoms with Gasteiger partial charge in [-0.15, -0.1) is 0 Å². The molecule has 0 amide bonds. The highest BCUT2D eigenvalue weighted by Gasteiger charge is 2.30. The summed E-state index contributed by atoms with van der Waals surface area (Å²) in [6, 6.07) is 3.88. The molecule has 0 unspecified atom stereocenters. The summed E-state index contributed by atoms with van der Waals surface area (Å²) in [5, 5.41) is 3.69. The van der Waals surface area contributed by atoms with Crippen molar-refractivity contribution in [3.05, 3.63) is 34.3 Å². The summed E-state index contributed by atoms with van der Waals surface area (Å²) in [7, 11) is 0. The first-order valence-corrected chi connectivity index (χ1v) is 6.93. The van der Waals surface area contributed by atoms with Gasteiger partial charge in [0.1, 0.15) is 0 Å². The van der Waals surface area contributed by atoms with Gasteiger partial charge in [-0.2, -0.15) is 13.2 Å². The van der Waals surface area contributed by atoms with Crippen LogP contribution in [-0.2, 0) is 12.7 Å². The number of nitrogens with one attached hydrogen (secondary N) is 1. The van der Waals surface area contributed by atoms with Gasteiger partial charge in [-0.1, -0.05) is 30.9 Å². The van der Waals surface area contributed by atoms with Crippen LogP contribution in [-0.4, -0.2) is 6.04 Å². The molecule has 0 heterocycles. The van der Waals surface area contributed by atoms with Gasteiger partial charge in [0.05, 0.1) is 5.56 Å². The molecule has 0 radical (unpaired) electrons. The first kappa shape index (κ1) is 14.7. The average Bonchev–Trinajstić information content (AvgIpc) is 2.37. The van der Waals surface area contributed by atoms with Crippen LogP contribution in [0.5, 0.6) is 0 Å². The van der Waals surface area contributed by atoms with Gasteiger partial charge in [0.15, 0.2) is 0 Å². The van der Waals surface area contributed by atoms with Crippen molar-refractivity contribution >= 4 is 11.6 Å². The predicted octanol–water partition coefficient (Wildman–Crippen LogP) is 4.78. The molecular weight excluding hydrogens is 275 g/mol. The normalized spacial score (nSPS) is 17.7. The summed E-state index contributed by atoms with van der Waals surface area (Å²) in [6.45, 7) is 0.396. The van der Waals surface area contributed by atoms with Crippen molar-refractivity contribution in [2.45, 2.75) is 50.9 Å². The molecule has 1 aromatic rings. The van der Waals surface area contributed by atoms with Crippen LogP contribution >= 0.6 is 11.6 Å². The van der Waals surface area contributed by atoms with Crippen molar-refractivity contribution < 1.29 is 13.2 Å². The van der Waals surface area contributed by atoms with E-state index in [0.29, 0.717) is 23.2 Å². The third-order valence-electron chi connectivity index (χ3n) is 3.56. The fourth-order valence-corrected chi connectivity index (χ4v) is 2.63. The van der Waals surface area contributed by atoms with Crippen molar-refractivity contribution in [1.29, 1.82) is 0 Å². The van der Waals surface area contributed by atoms with Crippen LogP contribution in [0.2, 0.25) is 5.02 Å². The Hall–Kier alpha value is -0.740. The Morgan fingerprint density at radius 3 is 2.47 bits per heavy atom. The van der Waals surface area contributed by atoms with Crippen LogP contribution in [0.4, 0.5) is 13.2 Å². The molecule has 0 spiro atoms. The van der Waals surface area contributed by atoms with E-state index in [1.54, 1.807) is 0 Å². The second-order valence-electron chi connectivity index (χ2n) is 5.02. The molecule has 0 atom stereocenters. The highest BCUT2D eigenvalue weighted by Crippen LogP contribution is 2.31. The summed E-state index contributed by atoms with van der Waals surface area (Å²) >= 11 is 5.96. The molecule has 1 N–H and O–H groups in total. The molecule has 106 valence electrons. The lowest BCUT2D eigenvalue weighted by atomic mass is 9.95. The zero-order valence-corrected chi connectivity index (χ0v) is 11.3. The molecule has 1 saturated carbocycles. The molecule has 5 heteroatoms. The molecule has 0 aliphatic heterocycles. The molecule has 19 heavy (non-hydrogen) atoms. The Kier molecular flexibility index (Phi) is 4.74. The zero-order chi connectivity index (χ0) is 13.9. The van der Waals surface area contributed by atoms with Gasteiger partial charge in [0.2, 0.25) is 0 Å². The third kappa shape index (κ3) is 4.11. The number of hydrogen-bond donors (Lipinski definition) is 1. The van der Waals surface area contributed by atoms with E-state index >= 15 is 0 Å². The topological polar surface area (TPSA) is 12.0 Å². The molecule has 1 nitrogen and oxygen atoms in total. The van der Waals surface area contributed by atoms with Gasteiger partial charge >= 0.3 is 6.18 Å². The van der Waals surface area contributed by atoms with E-state index in [-0.39, 0.29) is 0 Å². The number of benzene rings is 1. The van der Waals surface area contributed by atoms with Crippen LogP contribution in [0.1, 0.15) is 43.2 Å². The van der Waals surface area contributed by atoms with E-state index in [1.165, 1.54) is 25.3 Å². The Labute approximate surface area is 116 Å². The van der Waals surface area contributed by atoms with E-state index in [1.807, 2.05) is 0 Å². The maximum atomic E-state index is 12.6. The zero-order valence-electron chi connectivity index (χ0n) is 10.6. The van der Waals surface area contributed by atoms with Crippen molar-refractivity contribution in [2.75, 3.05) is 0 Å². The molecule has 2 rings (SSSR count). The number of halogens is 4. The quantitative estimate of drug-likeness (QED) is 0.845. The van der Waals surface area contributed by atoms with E-state index in [9.17, 15) is 13.2 Å². The number of rotatable bonds is 3. The van der Waals surface area contributed by atoms with Gasteiger partial charge in [0.25, 0.3) is 0 Å².